The van der Waals surface area contributed by atoms with Crippen LogP contribution in [0.4, 0.5) is 0 Å². The second kappa shape index (κ2) is 3.61. The molecule has 16 heavy (non-hydrogen) atoms. The van der Waals surface area contributed by atoms with Crippen molar-refractivity contribution < 1.29 is 0 Å². The monoisotopic (exact) mass is 229 g/mol. The molecule has 0 amide bonds. The molecule has 3 nitrogen and oxygen atoms in total. The maximum absolute atomic E-state index is 6.13. The first kappa shape index (κ1) is 9.36. The summed E-state index contributed by atoms with van der Waals surface area (Å²) in [6.07, 6.45) is 5.49. The Kier molecular flexibility index (Phi) is 2.11. The first-order valence-electron chi connectivity index (χ1n) is 4.89. The third kappa shape index (κ3) is 1.46. The van der Waals surface area contributed by atoms with E-state index >= 15 is 0 Å². The molecule has 0 saturated carbocycles. The lowest BCUT2D eigenvalue weighted by atomic mass is 10.1. The van der Waals surface area contributed by atoms with E-state index in [0.717, 1.165) is 11.1 Å². The van der Waals surface area contributed by atoms with E-state index in [0.29, 0.717) is 10.9 Å². The number of aromatic nitrogens is 3. The number of fused-ring (bicyclic) bond motifs is 1. The molecule has 0 atom stereocenters. The molecular weight excluding hydrogens is 222 g/mol. The highest BCUT2D eigenvalue weighted by molar-refractivity contribution is 6.32. The molecule has 0 radical (unpaired) electrons. The minimum atomic E-state index is 0.477. The van der Waals surface area contributed by atoms with Crippen molar-refractivity contribution in [3.8, 4) is 11.1 Å². The van der Waals surface area contributed by atoms with Crippen molar-refractivity contribution in [1.82, 2.24) is 14.4 Å². The van der Waals surface area contributed by atoms with Crippen LogP contribution in [-0.4, -0.2) is 14.4 Å². The van der Waals surface area contributed by atoms with Crippen LogP contribution in [0.5, 0.6) is 0 Å². The quantitative estimate of drug-likeness (QED) is 0.601. The highest BCUT2D eigenvalue weighted by Gasteiger charge is 2.06. The summed E-state index contributed by atoms with van der Waals surface area (Å²) in [5, 5.41) is 0.477. The summed E-state index contributed by atoms with van der Waals surface area (Å²) < 4.78 is 1.86. The van der Waals surface area contributed by atoms with Gasteiger partial charge in [-0.25, -0.2) is 4.98 Å². The van der Waals surface area contributed by atoms with E-state index in [2.05, 4.69) is 9.97 Å². The smallest absolute Gasteiger partial charge is 0.235 e. The van der Waals surface area contributed by atoms with Crippen molar-refractivity contribution in [2.75, 3.05) is 0 Å². The third-order valence-corrected chi connectivity index (χ3v) is 2.71. The molecule has 4 heteroatoms. The number of hydrogen-bond acceptors (Lipinski definition) is 2. The van der Waals surface area contributed by atoms with Gasteiger partial charge in [-0.1, -0.05) is 41.9 Å². The van der Waals surface area contributed by atoms with E-state index < -0.39 is 0 Å². The molecule has 0 saturated heterocycles. The van der Waals surface area contributed by atoms with Crippen LogP contribution in [0.3, 0.4) is 0 Å². The number of benzene rings is 1. The zero-order chi connectivity index (χ0) is 11.0. The van der Waals surface area contributed by atoms with Gasteiger partial charge in [0.25, 0.3) is 0 Å². The van der Waals surface area contributed by atoms with Crippen LogP contribution >= 0.6 is 11.6 Å². The molecule has 0 spiro atoms. The van der Waals surface area contributed by atoms with E-state index in [1.165, 1.54) is 0 Å². The highest BCUT2D eigenvalue weighted by atomic mass is 35.5. The van der Waals surface area contributed by atoms with Crippen molar-refractivity contribution in [3.63, 3.8) is 0 Å². The fourth-order valence-corrected chi connectivity index (χ4v) is 1.88. The van der Waals surface area contributed by atoms with Crippen LogP contribution in [0, 0.1) is 0 Å². The summed E-state index contributed by atoms with van der Waals surface area (Å²) in [6.45, 7) is 0. The Labute approximate surface area is 97.3 Å². The van der Waals surface area contributed by atoms with Gasteiger partial charge in [-0.3, -0.25) is 4.40 Å². The van der Waals surface area contributed by atoms with Gasteiger partial charge in [0, 0.05) is 24.2 Å². The summed E-state index contributed by atoms with van der Waals surface area (Å²) in [6, 6.07) is 9.94. The lowest BCUT2D eigenvalue weighted by molar-refractivity contribution is 1.11. The summed E-state index contributed by atoms with van der Waals surface area (Å²) in [7, 11) is 0. The SMILES string of the molecule is Clc1nc2nccn2cc1-c1ccccc1. The molecule has 0 bridgehead atoms. The van der Waals surface area contributed by atoms with Gasteiger partial charge in [-0.15, -0.1) is 0 Å². The standard InChI is InChI=1S/C12H8ClN3/c13-11-10(9-4-2-1-3-5-9)8-16-7-6-14-12(16)15-11/h1-8H. The average Bonchev–Trinajstić information content (AvgIpc) is 2.76. The van der Waals surface area contributed by atoms with Crippen molar-refractivity contribution in [1.29, 1.82) is 0 Å². The van der Waals surface area contributed by atoms with Gasteiger partial charge in [-0.05, 0) is 5.56 Å². The van der Waals surface area contributed by atoms with Crippen molar-refractivity contribution in [3.05, 3.63) is 54.1 Å². The third-order valence-electron chi connectivity index (χ3n) is 2.42. The van der Waals surface area contributed by atoms with Gasteiger partial charge >= 0.3 is 0 Å². The molecule has 0 aliphatic rings. The molecule has 0 aliphatic carbocycles. The maximum Gasteiger partial charge on any atom is 0.235 e. The van der Waals surface area contributed by atoms with Gasteiger partial charge in [0.15, 0.2) is 0 Å². The molecule has 0 aliphatic heterocycles. The van der Waals surface area contributed by atoms with Crippen LogP contribution in [0.1, 0.15) is 0 Å². The van der Waals surface area contributed by atoms with Crippen LogP contribution in [-0.2, 0) is 0 Å². The largest absolute Gasteiger partial charge is 0.290 e. The zero-order valence-corrected chi connectivity index (χ0v) is 9.09. The Hall–Kier alpha value is -1.87. The summed E-state index contributed by atoms with van der Waals surface area (Å²) >= 11 is 6.13. The Morgan fingerprint density at radius 1 is 1.12 bits per heavy atom. The lowest BCUT2D eigenvalue weighted by Gasteiger charge is -2.04. The second-order valence-electron chi connectivity index (χ2n) is 3.45. The summed E-state index contributed by atoms with van der Waals surface area (Å²) in [5.74, 6) is 0.615. The van der Waals surface area contributed by atoms with Crippen molar-refractivity contribution in [2.45, 2.75) is 0 Å². The topological polar surface area (TPSA) is 30.2 Å². The van der Waals surface area contributed by atoms with Gasteiger partial charge in [0.1, 0.15) is 5.15 Å². The Morgan fingerprint density at radius 2 is 1.94 bits per heavy atom. The number of halogens is 1. The Morgan fingerprint density at radius 3 is 2.75 bits per heavy atom. The van der Waals surface area contributed by atoms with Crippen molar-refractivity contribution in [2.24, 2.45) is 0 Å². The minimum Gasteiger partial charge on any atom is -0.290 e. The molecule has 3 rings (SSSR count). The highest BCUT2D eigenvalue weighted by Crippen LogP contribution is 2.25. The fourth-order valence-electron chi connectivity index (χ4n) is 1.64. The molecule has 0 N–H and O–H groups in total. The summed E-state index contributed by atoms with van der Waals surface area (Å²) in [4.78, 5) is 8.31. The van der Waals surface area contributed by atoms with E-state index in [4.69, 9.17) is 11.6 Å². The van der Waals surface area contributed by atoms with Crippen LogP contribution in [0.25, 0.3) is 16.9 Å². The average molecular weight is 230 g/mol. The number of imidazole rings is 1. The van der Waals surface area contributed by atoms with Gasteiger partial charge in [0.05, 0.1) is 0 Å². The second-order valence-corrected chi connectivity index (χ2v) is 3.80. The molecule has 1 aromatic carbocycles. The van der Waals surface area contributed by atoms with Crippen LogP contribution in [0.2, 0.25) is 5.15 Å². The normalized spacial score (nSPS) is 10.8. The van der Waals surface area contributed by atoms with Crippen LogP contribution < -0.4 is 0 Å². The molecule has 2 heterocycles. The maximum atomic E-state index is 6.13. The molecule has 0 fully saturated rings. The van der Waals surface area contributed by atoms with Gasteiger partial charge < -0.3 is 0 Å². The molecule has 0 unspecified atom stereocenters. The first-order chi connectivity index (χ1) is 7.84. The first-order valence-corrected chi connectivity index (χ1v) is 5.27. The van der Waals surface area contributed by atoms with E-state index in [-0.39, 0.29) is 0 Å². The van der Waals surface area contributed by atoms with E-state index in [1.54, 1.807) is 6.20 Å². The molecule has 2 aromatic heterocycles. The molecule has 78 valence electrons. The Bertz CT molecular complexity index is 631. The van der Waals surface area contributed by atoms with E-state index in [9.17, 15) is 0 Å². The lowest BCUT2D eigenvalue weighted by Crippen LogP contribution is -1.91. The predicted octanol–water partition coefficient (Wildman–Crippen LogP) is 3.05. The van der Waals surface area contributed by atoms with Gasteiger partial charge in [-0.2, -0.15) is 4.98 Å². The van der Waals surface area contributed by atoms with Crippen molar-refractivity contribution >= 4 is 17.4 Å². The fraction of sp³-hybridized carbons (Fsp3) is 0. The number of nitrogens with zero attached hydrogens (tertiary/aromatic N) is 3. The number of hydrogen-bond donors (Lipinski definition) is 0. The predicted molar refractivity (Wildman–Crippen MR) is 63.4 cm³/mol. The minimum absolute atomic E-state index is 0.477. The van der Waals surface area contributed by atoms with E-state index in [1.807, 2.05) is 47.1 Å². The molecule has 3 aromatic rings. The summed E-state index contributed by atoms with van der Waals surface area (Å²) in [5.41, 5.74) is 1.96. The Balaban J connectivity index is 2.27. The van der Waals surface area contributed by atoms with Gasteiger partial charge in [0.2, 0.25) is 5.78 Å². The molecular formula is C12H8ClN3. The zero-order valence-electron chi connectivity index (χ0n) is 8.34. The number of rotatable bonds is 1. The van der Waals surface area contributed by atoms with Crippen LogP contribution in [0.15, 0.2) is 48.9 Å².